The van der Waals surface area contributed by atoms with E-state index in [1.165, 1.54) is 17.8 Å². The van der Waals surface area contributed by atoms with Crippen molar-refractivity contribution in [3.05, 3.63) is 30.1 Å². The number of nitrogens with two attached hydrogens (primary N) is 1. The van der Waals surface area contributed by atoms with Crippen molar-refractivity contribution in [3.63, 3.8) is 0 Å². The van der Waals surface area contributed by atoms with Crippen molar-refractivity contribution in [2.24, 2.45) is 17.6 Å². The summed E-state index contributed by atoms with van der Waals surface area (Å²) >= 11 is 0. The number of benzene rings is 1. The molecule has 0 amide bonds. The van der Waals surface area contributed by atoms with Crippen molar-refractivity contribution in [2.45, 2.75) is 53.0 Å². The molecular formula is C18H29N3. The molecule has 0 radical (unpaired) electrons. The lowest BCUT2D eigenvalue weighted by molar-refractivity contribution is 0.337. The van der Waals surface area contributed by atoms with Crippen molar-refractivity contribution in [1.29, 1.82) is 0 Å². The molecule has 1 aromatic heterocycles. The van der Waals surface area contributed by atoms with Crippen LogP contribution in [0.5, 0.6) is 0 Å². The zero-order valence-electron chi connectivity index (χ0n) is 13.8. The van der Waals surface area contributed by atoms with Gasteiger partial charge in [0.2, 0.25) is 0 Å². The first kappa shape index (κ1) is 16.0. The quantitative estimate of drug-likeness (QED) is 0.830. The molecule has 0 aliphatic rings. The summed E-state index contributed by atoms with van der Waals surface area (Å²) in [7, 11) is 0. The summed E-state index contributed by atoms with van der Waals surface area (Å²) in [5, 5.41) is 0. The lowest BCUT2D eigenvalue weighted by atomic mass is 9.88. The number of fused-ring (bicyclic) bond motifs is 1. The Morgan fingerprint density at radius 2 is 1.81 bits per heavy atom. The maximum absolute atomic E-state index is 5.75. The zero-order chi connectivity index (χ0) is 15.4. The van der Waals surface area contributed by atoms with Crippen LogP contribution in [-0.4, -0.2) is 16.1 Å². The Kier molecular flexibility index (Phi) is 5.40. The number of hydrogen-bond acceptors (Lipinski definition) is 2. The van der Waals surface area contributed by atoms with Crippen molar-refractivity contribution in [3.8, 4) is 0 Å². The standard InChI is InChI=1S/C18H29N3/c1-13(2)15(11-12-19)9-10-18-20-16-7-5-6-8-17(16)21(18)14(3)4/h5-8,13-15H,9-12,19H2,1-4H3. The Hall–Kier alpha value is -1.35. The number of rotatable bonds is 7. The molecule has 3 heteroatoms. The average molecular weight is 287 g/mol. The van der Waals surface area contributed by atoms with Gasteiger partial charge in [-0.05, 0) is 57.2 Å². The van der Waals surface area contributed by atoms with E-state index in [2.05, 4.69) is 56.5 Å². The molecule has 0 aliphatic heterocycles. The number of para-hydroxylation sites is 2. The van der Waals surface area contributed by atoms with Crippen molar-refractivity contribution in [1.82, 2.24) is 9.55 Å². The molecule has 21 heavy (non-hydrogen) atoms. The monoisotopic (exact) mass is 287 g/mol. The first-order valence-corrected chi connectivity index (χ1v) is 8.20. The van der Waals surface area contributed by atoms with Gasteiger partial charge in [-0.2, -0.15) is 0 Å². The second-order valence-electron chi connectivity index (χ2n) is 6.60. The molecule has 0 saturated carbocycles. The summed E-state index contributed by atoms with van der Waals surface area (Å²) in [6.07, 6.45) is 3.32. The molecule has 1 aromatic carbocycles. The molecule has 116 valence electrons. The van der Waals surface area contributed by atoms with Crippen LogP contribution in [0.3, 0.4) is 0 Å². The molecule has 2 aromatic rings. The Morgan fingerprint density at radius 3 is 2.43 bits per heavy atom. The molecule has 0 fully saturated rings. The van der Waals surface area contributed by atoms with Crippen LogP contribution < -0.4 is 5.73 Å². The van der Waals surface area contributed by atoms with Crippen LogP contribution in [0.1, 0.15) is 52.4 Å². The van der Waals surface area contributed by atoms with Crippen LogP contribution >= 0.6 is 0 Å². The molecule has 1 atom stereocenters. The summed E-state index contributed by atoms with van der Waals surface area (Å²) < 4.78 is 2.38. The lowest BCUT2D eigenvalue weighted by Crippen LogP contribution is -2.16. The number of aromatic nitrogens is 2. The number of aryl methyl sites for hydroxylation is 1. The lowest BCUT2D eigenvalue weighted by Gasteiger charge is -2.20. The predicted octanol–water partition coefficient (Wildman–Crippen LogP) is 4.17. The van der Waals surface area contributed by atoms with Crippen LogP contribution in [0.25, 0.3) is 11.0 Å². The first-order valence-electron chi connectivity index (χ1n) is 8.20. The van der Waals surface area contributed by atoms with Gasteiger partial charge in [0, 0.05) is 12.5 Å². The highest BCUT2D eigenvalue weighted by Crippen LogP contribution is 2.25. The van der Waals surface area contributed by atoms with Gasteiger partial charge in [0.25, 0.3) is 0 Å². The van der Waals surface area contributed by atoms with Crippen LogP contribution in [0, 0.1) is 11.8 Å². The third-order valence-corrected chi connectivity index (χ3v) is 4.40. The summed E-state index contributed by atoms with van der Waals surface area (Å²) in [5.74, 6) is 2.59. The van der Waals surface area contributed by atoms with E-state index in [4.69, 9.17) is 10.7 Å². The Morgan fingerprint density at radius 1 is 1.10 bits per heavy atom. The minimum Gasteiger partial charge on any atom is -0.330 e. The third-order valence-electron chi connectivity index (χ3n) is 4.40. The van der Waals surface area contributed by atoms with E-state index >= 15 is 0 Å². The van der Waals surface area contributed by atoms with E-state index in [0.717, 1.165) is 24.9 Å². The fourth-order valence-electron chi connectivity index (χ4n) is 3.19. The van der Waals surface area contributed by atoms with Gasteiger partial charge < -0.3 is 10.3 Å². The molecular weight excluding hydrogens is 258 g/mol. The minimum atomic E-state index is 0.444. The number of imidazole rings is 1. The Balaban J connectivity index is 2.23. The summed E-state index contributed by atoms with van der Waals surface area (Å²) in [6.45, 7) is 9.84. The van der Waals surface area contributed by atoms with Crippen molar-refractivity contribution >= 4 is 11.0 Å². The molecule has 3 nitrogen and oxygen atoms in total. The first-order chi connectivity index (χ1) is 10.0. The largest absolute Gasteiger partial charge is 0.330 e. The topological polar surface area (TPSA) is 43.8 Å². The van der Waals surface area contributed by atoms with E-state index in [-0.39, 0.29) is 0 Å². The SMILES string of the molecule is CC(C)C(CCN)CCc1nc2ccccc2n1C(C)C. The second kappa shape index (κ2) is 7.08. The van der Waals surface area contributed by atoms with Gasteiger partial charge in [0.05, 0.1) is 11.0 Å². The Bertz CT molecular complexity index is 569. The molecule has 0 saturated heterocycles. The zero-order valence-corrected chi connectivity index (χ0v) is 13.8. The second-order valence-corrected chi connectivity index (χ2v) is 6.60. The van der Waals surface area contributed by atoms with Crippen molar-refractivity contribution < 1.29 is 0 Å². The molecule has 0 spiro atoms. The summed E-state index contributed by atoms with van der Waals surface area (Å²) in [6, 6.07) is 8.88. The predicted molar refractivity (Wildman–Crippen MR) is 90.4 cm³/mol. The maximum Gasteiger partial charge on any atom is 0.110 e. The van der Waals surface area contributed by atoms with Crippen LogP contribution in [-0.2, 0) is 6.42 Å². The smallest absolute Gasteiger partial charge is 0.110 e. The number of hydrogen-bond donors (Lipinski definition) is 1. The van der Waals surface area contributed by atoms with Gasteiger partial charge >= 0.3 is 0 Å². The van der Waals surface area contributed by atoms with Gasteiger partial charge in [-0.15, -0.1) is 0 Å². The molecule has 2 N–H and O–H groups in total. The van der Waals surface area contributed by atoms with E-state index in [1.54, 1.807) is 0 Å². The van der Waals surface area contributed by atoms with Crippen molar-refractivity contribution in [2.75, 3.05) is 6.54 Å². The van der Waals surface area contributed by atoms with Gasteiger partial charge in [0.15, 0.2) is 0 Å². The third kappa shape index (κ3) is 3.65. The normalized spacial score (nSPS) is 13.5. The molecule has 0 bridgehead atoms. The van der Waals surface area contributed by atoms with E-state index in [1.807, 2.05) is 0 Å². The van der Waals surface area contributed by atoms with E-state index < -0.39 is 0 Å². The van der Waals surface area contributed by atoms with E-state index in [0.29, 0.717) is 17.9 Å². The molecule has 1 heterocycles. The maximum atomic E-state index is 5.75. The summed E-state index contributed by atoms with van der Waals surface area (Å²) in [4.78, 5) is 4.86. The Labute approximate surface area is 128 Å². The fraction of sp³-hybridized carbons (Fsp3) is 0.611. The highest BCUT2D eigenvalue weighted by Gasteiger charge is 2.17. The van der Waals surface area contributed by atoms with Crippen LogP contribution in [0.2, 0.25) is 0 Å². The number of nitrogens with zero attached hydrogens (tertiary/aromatic N) is 2. The van der Waals surface area contributed by atoms with Gasteiger partial charge in [-0.3, -0.25) is 0 Å². The average Bonchev–Trinajstić information content (AvgIpc) is 2.81. The highest BCUT2D eigenvalue weighted by atomic mass is 15.1. The summed E-state index contributed by atoms with van der Waals surface area (Å²) in [5.41, 5.74) is 8.12. The highest BCUT2D eigenvalue weighted by molar-refractivity contribution is 5.76. The van der Waals surface area contributed by atoms with Gasteiger partial charge in [-0.1, -0.05) is 26.0 Å². The van der Waals surface area contributed by atoms with E-state index in [9.17, 15) is 0 Å². The van der Waals surface area contributed by atoms with Crippen LogP contribution in [0.15, 0.2) is 24.3 Å². The molecule has 0 aliphatic carbocycles. The molecule has 2 rings (SSSR count). The molecule has 1 unspecified atom stereocenters. The van der Waals surface area contributed by atoms with Crippen LogP contribution in [0.4, 0.5) is 0 Å². The minimum absolute atomic E-state index is 0.444. The van der Waals surface area contributed by atoms with Gasteiger partial charge in [-0.25, -0.2) is 4.98 Å². The van der Waals surface area contributed by atoms with Gasteiger partial charge in [0.1, 0.15) is 5.82 Å². The fourth-order valence-corrected chi connectivity index (χ4v) is 3.19.